The van der Waals surface area contributed by atoms with Gasteiger partial charge in [0.2, 0.25) is 10.0 Å². The Balaban J connectivity index is 4.65. The molecule has 5 nitrogen and oxygen atoms in total. The Labute approximate surface area is 91.4 Å². The number of nitrogens with zero attached hydrogens (tertiary/aromatic N) is 1. The van der Waals surface area contributed by atoms with E-state index < -0.39 is 15.3 Å². The maximum absolute atomic E-state index is 11.8. The van der Waals surface area contributed by atoms with Crippen molar-refractivity contribution in [1.29, 1.82) is 0 Å². The smallest absolute Gasteiger partial charge is 0.219 e. The number of sulfonamides is 1. The molecule has 0 aromatic rings. The van der Waals surface area contributed by atoms with Crippen LogP contribution in [0.4, 0.5) is 0 Å². The topological polar surface area (TPSA) is 66.8 Å². The molecule has 1 N–H and O–H groups in total. The van der Waals surface area contributed by atoms with Gasteiger partial charge in [0.25, 0.3) is 0 Å². The van der Waals surface area contributed by atoms with E-state index in [0.717, 1.165) is 0 Å². The van der Waals surface area contributed by atoms with Gasteiger partial charge in [-0.05, 0) is 6.92 Å². The maximum atomic E-state index is 11.8. The van der Waals surface area contributed by atoms with E-state index in [4.69, 9.17) is 9.84 Å². The van der Waals surface area contributed by atoms with E-state index in [1.54, 1.807) is 0 Å². The standard InChI is InChI=1S/C9H19NO4S/c1-4-5-10(6-7-14-3)15(12,13)9(2)8-11/h4,9,11H,1,5-8H2,2-3H3. The SMILES string of the molecule is C=CCN(CCOC)S(=O)(=O)C(C)CO. The zero-order valence-corrected chi connectivity index (χ0v) is 10.0. The fourth-order valence-electron chi connectivity index (χ4n) is 1.01. The lowest BCUT2D eigenvalue weighted by Gasteiger charge is -2.23. The molecule has 0 fully saturated rings. The van der Waals surface area contributed by atoms with Crippen molar-refractivity contribution in [3.8, 4) is 0 Å². The van der Waals surface area contributed by atoms with E-state index >= 15 is 0 Å². The minimum Gasteiger partial charge on any atom is -0.395 e. The highest BCUT2D eigenvalue weighted by Crippen LogP contribution is 2.08. The van der Waals surface area contributed by atoms with Crippen LogP contribution in [0.5, 0.6) is 0 Å². The summed E-state index contributed by atoms with van der Waals surface area (Å²) in [5.74, 6) is 0. The molecule has 0 aliphatic rings. The molecule has 1 atom stereocenters. The van der Waals surface area contributed by atoms with Crippen LogP contribution in [-0.4, -0.2) is 56.5 Å². The number of hydrogen-bond donors (Lipinski definition) is 1. The van der Waals surface area contributed by atoms with Crippen molar-refractivity contribution in [1.82, 2.24) is 4.31 Å². The van der Waals surface area contributed by atoms with E-state index in [1.807, 2.05) is 0 Å². The Morgan fingerprint density at radius 1 is 1.60 bits per heavy atom. The van der Waals surface area contributed by atoms with Gasteiger partial charge in [0.15, 0.2) is 0 Å². The van der Waals surface area contributed by atoms with Gasteiger partial charge in [-0.15, -0.1) is 6.58 Å². The van der Waals surface area contributed by atoms with Gasteiger partial charge in [0.1, 0.15) is 0 Å². The van der Waals surface area contributed by atoms with Crippen LogP contribution in [0.2, 0.25) is 0 Å². The zero-order chi connectivity index (χ0) is 11.9. The summed E-state index contributed by atoms with van der Waals surface area (Å²) in [7, 11) is -1.95. The van der Waals surface area contributed by atoms with Crippen LogP contribution in [0, 0.1) is 0 Å². The van der Waals surface area contributed by atoms with Gasteiger partial charge in [-0.1, -0.05) is 6.08 Å². The number of ether oxygens (including phenoxy) is 1. The van der Waals surface area contributed by atoms with Crippen LogP contribution < -0.4 is 0 Å². The summed E-state index contributed by atoms with van der Waals surface area (Å²) in [4.78, 5) is 0. The summed E-state index contributed by atoms with van der Waals surface area (Å²) < 4.78 is 29.7. The quantitative estimate of drug-likeness (QED) is 0.595. The summed E-state index contributed by atoms with van der Waals surface area (Å²) in [6.45, 7) is 5.41. The first-order valence-electron chi connectivity index (χ1n) is 4.70. The number of rotatable bonds is 8. The van der Waals surface area contributed by atoms with Crippen LogP contribution in [0.15, 0.2) is 12.7 Å². The van der Waals surface area contributed by atoms with Crippen LogP contribution in [0.3, 0.4) is 0 Å². The maximum Gasteiger partial charge on any atom is 0.219 e. The fourth-order valence-corrected chi connectivity index (χ4v) is 2.35. The highest BCUT2D eigenvalue weighted by molar-refractivity contribution is 7.89. The third kappa shape index (κ3) is 4.29. The molecule has 0 bridgehead atoms. The lowest BCUT2D eigenvalue weighted by molar-refractivity contribution is 0.181. The van der Waals surface area contributed by atoms with Crippen LogP contribution in [0.1, 0.15) is 6.92 Å². The largest absolute Gasteiger partial charge is 0.395 e. The molecule has 0 amide bonds. The molecule has 0 radical (unpaired) electrons. The van der Waals surface area contributed by atoms with Crippen molar-refractivity contribution in [2.45, 2.75) is 12.2 Å². The van der Waals surface area contributed by atoms with Crippen molar-refractivity contribution >= 4 is 10.0 Å². The second-order valence-corrected chi connectivity index (χ2v) is 5.53. The molecule has 0 spiro atoms. The predicted molar refractivity (Wildman–Crippen MR) is 59.1 cm³/mol. The van der Waals surface area contributed by atoms with E-state index in [1.165, 1.54) is 24.4 Å². The summed E-state index contributed by atoms with van der Waals surface area (Å²) in [5.41, 5.74) is 0. The van der Waals surface area contributed by atoms with Crippen molar-refractivity contribution in [2.75, 3.05) is 33.4 Å². The van der Waals surface area contributed by atoms with Gasteiger partial charge in [-0.2, -0.15) is 4.31 Å². The molecular weight excluding hydrogens is 218 g/mol. The highest BCUT2D eigenvalue weighted by atomic mass is 32.2. The minimum atomic E-state index is -3.45. The van der Waals surface area contributed by atoms with Gasteiger partial charge in [0.05, 0.1) is 18.5 Å². The Bertz CT molecular complexity index is 276. The second-order valence-electron chi connectivity index (χ2n) is 3.18. The lowest BCUT2D eigenvalue weighted by Crippen LogP contribution is -2.40. The fraction of sp³-hybridized carbons (Fsp3) is 0.778. The molecular formula is C9H19NO4S. The summed E-state index contributed by atoms with van der Waals surface area (Å²) in [5, 5.41) is 8.05. The van der Waals surface area contributed by atoms with Gasteiger partial charge in [-0.25, -0.2) is 8.42 Å². The first kappa shape index (κ1) is 14.6. The highest BCUT2D eigenvalue weighted by Gasteiger charge is 2.26. The average molecular weight is 237 g/mol. The molecule has 15 heavy (non-hydrogen) atoms. The van der Waals surface area contributed by atoms with E-state index in [0.29, 0.717) is 6.61 Å². The number of hydrogen-bond acceptors (Lipinski definition) is 4. The molecule has 0 saturated heterocycles. The number of methoxy groups -OCH3 is 1. The molecule has 0 heterocycles. The van der Waals surface area contributed by atoms with Gasteiger partial charge in [0, 0.05) is 20.2 Å². The second kappa shape index (κ2) is 6.95. The molecule has 0 aromatic heterocycles. The van der Waals surface area contributed by atoms with Crippen LogP contribution in [0.25, 0.3) is 0 Å². The predicted octanol–water partition coefficient (Wildman–Crippen LogP) is -0.169. The van der Waals surface area contributed by atoms with E-state index in [2.05, 4.69) is 6.58 Å². The molecule has 0 rings (SSSR count). The first-order valence-corrected chi connectivity index (χ1v) is 6.20. The van der Waals surface area contributed by atoms with Crippen molar-refractivity contribution in [2.24, 2.45) is 0 Å². The molecule has 6 heteroatoms. The molecule has 0 aromatic carbocycles. The molecule has 0 aliphatic carbocycles. The van der Waals surface area contributed by atoms with Crippen LogP contribution >= 0.6 is 0 Å². The number of aliphatic hydroxyl groups is 1. The average Bonchev–Trinajstić information content (AvgIpc) is 2.22. The Hall–Kier alpha value is -0.430. The molecule has 0 saturated carbocycles. The molecule has 1 unspecified atom stereocenters. The van der Waals surface area contributed by atoms with Gasteiger partial charge >= 0.3 is 0 Å². The lowest BCUT2D eigenvalue weighted by atomic mass is 10.5. The van der Waals surface area contributed by atoms with Crippen molar-refractivity contribution in [3.63, 3.8) is 0 Å². The van der Waals surface area contributed by atoms with Crippen LogP contribution in [-0.2, 0) is 14.8 Å². The Morgan fingerprint density at radius 3 is 2.60 bits per heavy atom. The monoisotopic (exact) mass is 237 g/mol. The summed E-state index contributed by atoms with van der Waals surface area (Å²) >= 11 is 0. The molecule has 90 valence electrons. The minimum absolute atomic E-state index is 0.232. The van der Waals surface area contributed by atoms with E-state index in [-0.39, 0.29) is 19.7 Å². The zero-order valence-electron chi connectivity index (χ0n) is 9.22. The molecule has 0 aliphatic heterocycles. The third-order valence-corrected chi connectivity index (χ3v) is 4.22. The third-order valence-electron chi connectivity index (χ3n) is 2.00. The van der Waals surface area contributed by atoms with Crippen molar-refractivity contribution in [3.05, 3.63) is 12.7 Å². The Morgan fingerprint density at radius 2 is 2.20 bits per heavy atom. The van der Waals surface area contributed by atoms with E-state index in [9.17, 15) is 8.42 Å². The normalized spacial score (nSPS) is 14.1. The van der Waals surface area contributed by atoms with Gasteiger partial charge < -0.3 is 9.84 Å². The summed E-state index contributed by atoms with van der Waals surface area (Å²) in [6, 6.07) is 0. The van der Waals surface area contributed by atoms with Gasteiger partial charge in [-0.3, -0.25) is 0 Å². The number of aliphatic hydroxyl groups excluding tert-OH is 1. The van der Waals surface area contributed by atoms with Crippen molar-refractivity contribution < 1.29 is 18.3 Å². The Kier molecular flexibility index (Phi) is 6.75. The summed E-state index contributed by atoms with van der Waals surface area (Å²) in [6.07, 6.45) is 1.51. The first-order chi connectivity index (χ1) is 7.00.